The molecule has 1 heterocycles. The second-order valence-corrected chi connectivity index (χ2v) is 4.20. The maximum atomic E-state index is 12.3. The number of aromatic carboxylic acids is 1. The number of hydrogen-bond donors (Lipinski definition) is 1. The molecule has 4 nitrogen and oxygen atoms in total. The topological polar surface area (TPSA) is 67.5 Å². The summed E-state index contributed by atoms with van der Waals surface area (Å²) in [5.41, 5.74) is 0.906. The first-order valence-electron chi connectivity index (χ1n) is 6.05. The third kappa shape index (κ3) is 2.73. The van der Waals surface area contributed by atoms with E-state index in [1.54, 1.807) is 0 Å². The van der Waals surface area contributed by atoms with Gasteiger partial charge < -0.3 is 9.52 Å². The van der Waals surface area contributed by atoms with Crippen molar-refractivity contribution in [3.63, 3.8) is 0 Å². The molecule has 19 heavy (non-hydrogen) atoms. The number of carboxylic acids is 1. The summed E-state index contributed by atoms with van der Waals surface area (Å²) in [5.74, 6) is -1.80. The van der Waals surface area contributed by atoms with Crippen LogP contribution in [0.15, 0.2) is 46.9 Å². The molecular formula is C15H14O4. The largest absolute Gasteiger partial charge is 0.475 e. The Labute approximate surface area is 110 Å². The average Bonchev–Trinajstić information content (AvgIpc) is 2.90. The molecule has 98 valence electrons. The van der Waals surface area contributed by atoms with Crippen molar-refractivity contribution in [2.75, 3.05) is 0 Å². The highest BCUT2D eigenvalue weighted by atomic mass is 16.4. The highest BCUT2D eigenvalue weighted by Crippen LogP contribution is 2.25. The van der Waals surface area contributed by atoms with Crippen molar-refractivity contribution in [1.29, 1.82) is 0 Å². The molecule has 2 aromatic rings. The highest BCUT2D eigenvalue weighted by Gasteiger charge is 2.23. The Morgan fingerprint density at radius 2 is 1.74 bits per heavy atom. The van der Waals surface area contributed by atoms with Crippen LogP contribution in [0.4, 0.5) is 0 Å². The Bertz CT molecular complexity index is 583. The van der Waals surface area contributed by atoms with E-state index in [4.69, 9.17) is 9.52 Å². The number of carbonyl (C=O) groups is 2. The zero-order valence-electron chi connectivity index (χ0n) is 10.5. The Hall–Kier alpha value is -2.36. The summed E-state index contributed by atoms with van der Waals surface area (Å²) in [6.07, 6.45) is 0.631. The first kappa shape index (κ1) is 13.1. The summed E-state index contributed by atoms with van der Waals surface area (Å²) in [6.45, 7) is 1.91. The Kier molecular flexibility index (Phi) is 3.80. The number of rotatable bonds is 5. The third-order valence-electron chi connectivity index (χ3n) is 2.99. The number of ketones is 1. The molecule has 0 aliphatic rings. The van der Waals surface area contributed by atoms with E-state index in [0.717, 1.165) is 5.56 Å². The quantitative estimate of drug-likeness (QED) is 0.835. The van der Waals surface area contributed by atoms with E-state index in [2.05, 4.69) is 0 Å². The van der Waals surface area contributed by atoms with E-state index < -0.39 is 5.97 Å². The van der Waals surface area contributed by atoms with Crippen molar-refractivity contribution in [2.45, 2.75) is 19.3 Å². The first-order chi connectivity index (χ1) is 9.13. The van der Waals surface area contributed by atoms with Gasteiger partial charge in [0.15, 0.2) is 5.76 Å². The van der Waals surface area contributed by atoms with Gasteiger partial charge in [-0.2, -0.15) is 0 Å². The fourth-order valence-electron chi connectivity index (χ4n) is 2.01. The van der Waals surface area contributed by atoms with E-state index in [-0.39, 0.29) is 23.2 Å². The summed E-state index contributed by atoms with van der Waals surface area (Å²) < 4.78 is 5.06. The van der Waals surface area contributed by atoms with Gasteiger partial charge in [0, 0.05) is 0 Å². The lowest BCUT2D eigenvalue weighted by molar-refractivity contribution is 0.0659. The standard InChI is InChI=1S/C15H14O4/c1-2-11(10-6-4-3-5-7-10)14(16)12-8-9-13(19-12)15(17)18/h3-9,11H,2H2,1H3,(H,17,18). The number of hydrogen-bond acceptors (Lipinski definition) is 3. The van der Waals surface area contributed by atoms with Gasteiger partial charge in [-0.25, -0.2) is 4.79 Å². The Morgan fingerprint density at radius 3 is 2.26 bits per heavy atom. The number of furan rings is 1. The van der Waals surface area contributed by atoms with Crippen LogP contribution in [0, 0.1) is 0 Å². The Balaban J connectivity index is 2.28. The van der Waals surface area contributed by atoms with Crippen LogP contribution < -0.4 is 0 Å². The fourth-order valence-corrected chi connectivity index (χ4v) is 2.01. The average molecular weight is 258 g/mol. The summed E-state index contributed by atoms with van der Waals surface area (Å²) in [5, 5.41) is 8.79. The van der Waals surface area contributed by atoms with Gasteiger partial charge in [-0.05, 0) is 24.1 Å². The Morgan fingerprint density at radius 1 is 1.11 bits per heavy atom. The first-order valence-corrected chi connectivity index (χ1v) is 6.05. The minimum Gasteiger partial charge on any atom is -0.475 e. The monoisotopic (exact) mass is 258 g/mol. The second-order valence-electron chi connectivity index (χ2n) is 4.20. The molecule has 0 aliphatic carbocycles. The lowest BCUT2D eigenvalue weighted by Crippen LogP contribution is -2.11. The molecule has 1 aromatic carbocycles. The van der Waals surface area contributed by atoms with Gasteiger partial charge in [-0.1, -0.05) is 37.3 Å². The predicted octanol–water partition coefficient (Wildman–Crippen LogP) is 3.35. The van der Waals surface area contributed by atoms with Crippen LogP contribution in [0.1, 0.15) is 45.9 Å². The maximum absolute atomic E-state index is 12.3. The second kappa shape index (κ2) is 5.52. The molecule has 0 aliphatic heterocycles. The van der Waals surface area contributed by atoms with Gasteiger partial charge in [0.1, 0.15) is 0 Å². The molecule has 0 saturated carbocycles. The van der Waals surface area contributed by atoms with Crippen LogP contribution in [0.3, 0.4) is 0 Å². The van der Waals surface area contributed by atoms with Gasteiger partial charge in [-0.3, -0.25) is 4.79 Å². The summed E-state index contributed by atoms with van der Waals surface area (Å²) in [6, 6.07) is 12.1. The molecule has 0 bridgehead atoms. The highest BCUT2D eigenvalue weighted by molar-refractivity contribution is 5.99. The van der Waals surface area contributed by atoms with Crippen molar-refractivity contribution < 1.29 is 19.1 Å². The van der Waals surface area contributed by atoms with E-state index in [1.165, 1.54) is 12.1 Å². The normalized spacial score (nSPS) is 12.1. The van der Waals surface area contributed by atoms with Gasteiger partial charge in [0.05, 0.1) is 5.92 Å². The number of carbonyl (C=O) groups excluding carboxylic acids is 1. The van der Waals surface area contributed by atoms with E-state index in [1.807, 2.05) is 37.3 Å². The number of benzene rings is 1. The molecule has 1 atom stereocenters. The van der Waals surface area contributed by atoms with Crippen LogP contribution in [-0.2, 0) is 0 Å². The molecule has 0 saturated heterocycles. The van der Waals surface area contributed by atoms with E-state index >= 15 is 0 Å². The lowest BCUT2D eigenvalue weighted by atomic mass is 9.91. The van der Waals surface area contributed by atoms with Crippen molar-refractivity contribution in [3.05, 3.63) is 59.5 Å². The van der Waals surface area contributed by atoms with E-state index in [9.17, 15) is 9.59 Å². The SMILES string of the molecule is CCC(C(=O)c1ccc(C(=O)O)o1)c1ccccc1. The third-order valence-corrected chi connectivity index (χ3v) is 2.99. The predicted molar refractivity (Wildman–Crippen MR) is 69.5 cm³/mol. The van der Waals surface area contributed by atoms with Crippen LogP contribution >= 0.6 is 0 Å². The molecule has 2 rings (SSSR count). The van der Waals surface area contributed by atoms with Crippen molar-refractivity contribution >= 4 is 11.8 Å². The molecular weight excluding hydrogens is 244 g/mol. The molecule has 1 N–H and O–H groups in total. The molecule has 0 amide bonds. The van der Waals surface area contributed by atoms with Crippen LogP contribution in [0.2, 0.25) is 0 Å². The molecule has 4 heteroatoms. The van der Waals surface area contributed by atoms with Gasteiger partial charge in [-0.15, -0.1) is 0 Å². The van der Waals surface area contributed by atoms with E-state index in [0.29, 0.717) is 6.42 Å². The molecule has 0 radical (unpaired) electrons. The van der Waals surface area contributed by atoms with Crippen LogP contribution in [0.5, 0.6) is 0 Å². The number of carboxylic acid groups (broad SMARTS) is 1. The van der Waals surface area contributed by atoms with Gasteiger partial charge in [0.2, 0.25) is 11.5 Å². The van der Waals surface area contributed by atoms with Crippen LogP contribution in [-0.4, -0.2) is 16.9 Å². The summed E-state index contributed by atoms with van der Waals surface area (Å²) >= 11 is 0. The minimum atomic E-state index is -1.17. The van der Waals surface area contributed by atoms with Gasteiger partial charge in [0.25, 0.3) is 0 Å². The number of Topliss-reactive ketones (excluding diaryl/α,β-unsaturated/α-hetero) is 1. The van der Waals surface area contributed by atoms with Crippen molar-refractivity contribution in [3.8, 4) is 0 Å². The van der Waals surface area contributed by atoms with Crippen molar-refractivity contribution in [2.24, 2.45) is 0 Å². The molecule has 0 spiro atoms. The van der Waals surface area contributed by atoms with Crippen molar-refractivity contribution in [1.82, 2.24) is 0 Å². The molecule has 1 unspecified atom stereocenters. The zero-order chi connectivity index (χ0) is 13.8. The fraction of sp³-hybridized carbons (Fsp3) is 0.200. The lowest BCUT2D eigenvalue weighted by Gasteiger charge is -2.12. The maximum Gasteiger partial charge on any atom is 0.371 e. The summed E-state index contributed by atoms with van der Waals surface area (Å²) in [7, 11) is 0. The molecule has 0 fully saturated rings. The van der Waals surface area contributed by atoms with Gasteiger partial charge >= 0.3 is 5.97 Å². The molecule has 1 aromatic heterocycles. The smallest absolute Gasteiger partial charge is 0.371 e. The minimum absolute atomic E-state index is 0.0908. The summed E-state index contributed by atoms with van der Waals surface area (Å²) in [4.78, 5) is 23.1. The van der Waals surface area contributed by atoms with Crippen LogP contribution in [0.25, 0.3) is 0 Å². The zero-order valence-corrected chi connectivity index (χ0v) is 10.5.